The molecular weight excluding hydrogens is 689 g/mol. The third-order valence-corrected chi connectivity index (χ3v) is 11.8. The molecule has 0 atom stereocenters. The molecule has 0 radical (unpaired) electrons. The minimum absolute atomic E-state index is 0.838. The van der Waals surface area contributed by atoms with E-state index in [-0.39, 0.29) is 0 Å². The van der Waals surface area contributed by atoms with Crippen LogP contribution in [-0.2, 0) is 0 Å². The van der Waals surface area contributed by atoms with Gasteiger partial charge in [-0.05, 0) is 86.9 Å². The number of nitrogens with zero attached hydrogens (tertiary/aromatic N) is 2. The van der Waals surface area contributed by atoms with Crippen LogP contribution in [0.15, 0.2) is 199 Å². The highest BCUT2D eigenvalue weighted by molar-refractivity contribution is 7.21. The summed E-state index contributed by atoms with van der Waals surface area (Å²) in [7, 11) is 0. The van der Waals surface area contributed by atoms with E-state index >= 15 is 0 Å². The molecule has 11 rings (SSSR count). The lowest BCUT2D eigenvalue weighted by Gasteiger charge is -2.26. The molecule has 0 aliphatic carbocycles. The van der Waals surface area contributed by atoms with Gasteiger partial charge in [-0.2, -0.15) is 0 Å². The van der Waals surface area contributed by atoms with Crippen LogP contribution in [0.5, 0.6) is 0 Å². The summed E-state index contributed by atoms with van der Waals surface area (Å²) in [5, 5.41) is 8.03. The minimum atomic E-state index is 0.838. The molecule has 0 N–H and O–H groups in total. The molecule has 0 saturated carbocycles. The molecule has 0 aliphatic rings. The highest BCUT2D eigenvalue weighted by Gasteiger charge is 2.20. The Hall–Kier alpha value is -7.01. The number of anilines is 3. The first-order valence-corrected chi connectivity index (χ1v) is 19.3. The maximum Gasteiger partial charge on any atom is 0.137 e. The van der Waals surface area contributed by atoms with Gasteiger partial charge in [0.2, 0.25) is 0 Å². The second kappa shape index (κ2) is 12.8. The zero-order valence-corrected chi connectivity index (χ0v) is 30.5. The Morgan fingerprint density at radius 1 is 0.418 bits per heavy atom. The second-order valence-electron chi connectivity index (χ2n) is 13.9. The fraction of sp³-hybridized carbons (Fsp3) is 0. The van der Waals surface area contributed by atoms with Gasteiger partial charge in [-0.1, -0.05) is 140 Å². The Labute approximate surface area is 322 Å². The number of fused-ring (bicyclic) bond motifs is 7. The van der Waals surface area contributed by atoms with Crippen LogP contribution < -0.4 is 4.90 Å². The lowest BCUT2D eigenvalue weighted by Crippen LogP contribution is -2.09. The average molecular weight is 721 g/mol. The van der Waals surface area contributed by atoms with E-state index in [4.69, 9.17) is 9.40 Å². The number of aromatic nitrogens is 1. The second-order valence-corrected chi connectivity index (χ2v) is 15.0. The van der Waals surface area contributed by atoms with E-state index in [1.54, 1.807) is 11.3 Å². The predicted octanol–water partition coefficient (Wildman–Crippen LogP) is 15.0. The Morgan fingerprint density at radius 3 is 1.84 bits per heavy atom. The van der Waals surface area contributed by atoms with E-state index in [1.165, 1.54) is 48.5 Å². The van der Waals surface area contributed by atoms with Crippen LogP contribution in [0.4, 0.5) is 17.1 Å². The van der Waals surface area contributed by atoms with Crippen LogP contribution in [0, 0.1) is 0 Å². The van der Waals surface area contributed by atoms with E-state index < -0.39 is 0 Å². The van der Waals surface area contributed by atoms with Crippen molar-refractivity contribution in [3.05, 3.63) is 194 Å². The maximum absolute atomic E-state index is 6.67. The normalized spacial score (nSPS) is 11.6. The molecule has 258 valence electrons. The van der Waals surface area contributed by atoms with E-state index in [0.29, 0.717) is 0 Å². The standard InChI is InChI=1S/C51H32N2OS/c1-2-10-33(11-3-1)34-20-25-38(26-21-34)53(39-27-22-37(23-28-39)42-17-8-14-35-12-4-6-15-41(35)42)40-29-30-44-47(32-40)54-46-19-9-18-45(49(44)46)51-52-50-43-16-7-5-13-36(43)24-31-48(50)55-51/h1-32H. The van der Waals surface area contributed by atoms with Crippen LogP contribution in [0.1, 0.15) is 0 Å². The first-order valence-electron chi connectivity index (χ1n) is 18.5. The van der Waals surface area contributed by atoms with Crippen molar-refractivity contribution >= 4 is 82.1 Å². The molecular formula is C51H32N2OS. The molecule has 9 aromatic carbocycles. The average Bonchev–Trinajstić information content (AvgIpc) is 3.87. The van der Waals surface area contributed by atoms with Crippen molar-refractivity contribution in [2.45, 2.75) is 0 Å². The van der Waals surface area contributed by atoms with Gasteiger partial charge in [0, 0.05) is 44.9 Å². The van der Waals surface area contributed by atoms with Gasteiger partial charge in [0.15, 0.2) is 0 Å². The summed E-state index contributed by atoms with van der Waals surface area (Å²) in [6.07, 6.45) is 0. The Bertz CT molecular complexity index is 3190. The van der Waals surface area contributed by atoms with Crippen molar-refractivity contribution in [1.29, 1.82) is 0 Å². The van der Waals surface area contributed by atoms with Crippen molar-refractivity contribution in [3.8, 4) is 32.8 Å². The third kappa shape index (κ3) is 5.38. The zero-order chi connectivity index (χ0) is 36.3. The molecule has 0 saturated heterocycles. The van der Waals surface area contributed by atoms with Crippen LogP contribution in [0.2, 0.25) is 0 Å². The van der Waals surface area contributed by atoms with Gasteiger partial charge in [0.1, 0.15) is 16.2 Å². The van der Waals surface area contributed by atoms with Crippen molar-refractivity contribution in [3.63, 3.8) is 0 Å². The number of furan rings is 1. The molecule has 11 aromatic rings. The van der Waals surface area contributed by atoms with Gasteiger partial charge < -0.3 is 9.32 Å². The van der Waals surface area contributed by atoms with Gasteiger partial charge in [-0.25, -0.2) is 4.98 Å². The molecule has 0 aliphatic heterocycles. The van der Waals surface area contributed by atoms with Gasteiger partial charge >= 0.3 is 0 Å². The van der Waals surface area contributed by atoms with E-state index in [2.05, 4.69) is 199 Å². The molecule has 0 amide bonds. The number of benzene rings is 9. The van der Waals surface area contributed by atoms with Crippen LogP contribution in [0.25, 0.3) is 86.5 Å². The Morgan fingerprint density at radius 2 is 1.04 bits per heavy atom. The third-order valence-electron chi connectivity index (χ3n) is 10.7. The fourth-order valence-corrected chi connectivity index (χ4v) is 9.07. The SMILES string of the molecule is c1ccc(-c2ccc(N(c3ccc(-c4cccc5ccccc45)cc3)c3ccc4c(c3)oc3cccc(-c5nc6c(ccc7ccccc76)s5)c34)cc2)cc1. The number of thiazole rings is 1. The smallest absolute Gasteiger partial charge is 0.137 e. The van der Waals surface area contributed by atoms with Crippen molar-refractivity contribution in [2.75, 3.05) is 4.90 Å². The largest absolute Gasteiger partial charge is 0.456 e. The molecule has 55 heavy (non-hydrogen) atoms. The summed E-state index contributed by atoms with van der Waals surface area (Å²) in [5.74, 6) is 0. The number of rotatable bonds is 6. The first kappa shape index (κ1) is 31.5. The van der Waals surface area contributed by atoms with Crippen molar-refractivity contribution in [1.82, 2.24) is 4.98 Å². The minimum Gasteiger partial charge on any atom is -0.456 e. The number of hydrogen-bond acceptors (Lipinski definition) is 4. The predicted molar refractivity (Wildman–Crippen MR) is 233 cm³/mol. The summed E-state index contributed by atoms with van der Waals surface area (Å²) in [4.78, 5) is 7.53. The van der Waals surface area contributed by atoms with Gasteiger partial charge in [-0.3, -0.25) is 0 Å². The molecule has 2 aromatic heterocycles. The zero-order valence-electron chi connectivity index (χ0n) is 29.7. The van der Waals surface area contributed by atoms with Crippen molar-refractivity contribution < 1.29 is 4.42 Å². The summed E-state index contributed by atoms with van der Waals surface area (Å²) in [5.41, 5.74) is 11.8. The monoisotopic (exact) mass is 720 g/mol. The van der Waals surface area contributed by atoms with E-state index in [0.717, 1.165) is 55.1 Å². The summed E-state index contributed by atoms with van der Waals surface area (Å²) in [6.45, 7) is 0. The topological polar surface area (TPSA) is 29.3 Å². The van der Waals surface area contributed by atoms with E-state index in [1.807, 2.05) is 0 Å². The molecule has 4 heteroatoms. The van der Waals surface area contributed by atoms with Crippen LogP contribution in [0.3, 0.4) is 0 Å². The van der Waals surface area contributed by atoms with Crippen LogP contribution in [-0.4, -0.2) is 4.98 Å². The van der Waals surface area contributed by atoms with Gasteiger partial charge in [-0.15, -0.1) is 11.3 Å². The Kier molecular flexibility index (Phi) is 7.35. The lowest BCUT2D eigenvalue weighted by atomic mass is 9.98. The lowest BCUT2D eigenvalue weighted by molar-refractivity contribution is 0.669. The molecule has 3 nitrogen and oxygen atoms in total. The van der Waals surface area contributed by atoms with Crippen molar-refractivity contribution in [2.24, 2.45) is 0 Å². The highest BCUT2D eigenvalue weighted by atomic mass is 32.1. The fourth-order valence-electron chi connectivity index (χ4n) is 8.06. The first-order chi connectivity index (χ1) is 27.2. The highest BCUT2D eigenvalue weighted by Crippen LogP contribution is 2.44. The summed E-state index contributed by atoms with van der Waals surface area (Å²) in [6, 6.07) is 69.1. The molecule has 2 heterocycles. The summed E-state index contributed by atoms with van der Waals surface area (Å²) < 4.78 is 7.85. The molecule has 0 unspecified atom stereocenters. The van der Waals surface area contributed by atoms with E-state index in [9.17, 15) is 0 Å². The summed E-state index contributed by atoms with van der Waals surface area (Å²) >= 11 is 1.73. The quantitative estimate of drug-likeness (QED) is 0.171. The van der Waals surface area contributed by atoms with Crippen LogP contribution >= 0.6 is 11.3 Å². The number of hydrogen-bond donors (Lipinski definition) is 0. The Balaban J connectivity index is 1.04. The van der Waals surface area contributed by atoms with Gasteiger partial charge in [0.05, 0.1) is 10.2 Å². The molecule has 0 bridgehead atoms. The maximum atomic E-state index is 6.67. The molecule has 0 spiro atoms. The molecule has 0 fully saturated rings. The van der Waals surface area contributed by atoms with Gasteiger partial charge in [0.25, 0.3) is 0 Å².